The molecular formula is C34H58N7O17P3S. The monoisotopic (exact) mass is 961 g/mol. The van der Waals surface area contributed by atoms with Gasteiger partial charge >= 0.3 is 23.5 Å². The standard InChI is InChI=1S/C34H58N7O17P3S/c1-4-5-6-7-8-9-10-11-12-13-14-25(43)62-18-17-36-24(42)15-16-37-32(46)29(45)34(2,3)20-55-61(52,53)58-60(50,51)54-19-23-28(57-59(47,48)49)27(44)33(56-23)41-22-40-26-30(35)38-21-39-31(26)41/h11-12,21-23,27-29,33,44-45H,4-10,13-20H2,1-3H3,(H,36,42)(H,37,46)(H,50,51)(H,52,53)(H2,35,38,39)(H2,47,48,49)/b12-11+. The van der Waals surface area contributed by atoms with Crippen molar-refractivity contribution in [3.05, 3.63) is 24.8 Å². The fourth-order valence-corrected chi connectivity index (χ4v) is 9.37. The van der Waals surface area contributed by atoms with Crippen LogP contribution in [0.5, 0.6) is 0 Å². The van der Waals surface area contributed by atoms with E-state index >= 15 is 0 Å². The van der Waals surface area contributed by atoms with E-state index in [-0.39, 0.29) is 41.6 Å². The van der Waals surface area contributed by atoms with Gasteiger partial charge in [0, 0.05) is 37.1 Å². The van der Waals surface area contributed by atoms with Gasteiger partial charge in [0.1, 0.15) is 36.3 Å². The largest absolute Gasteiger partial charge is 0.481 e. The first kappa shape index (κ1) is 53.6. The van der Waals surface area contributed by atoms with Crippen molar-refractivity contribution in [2.24, 2.45) is 5.41 Å². The number of rotatable bonds is 29. The lowest BCUT2D eigenvalue weighted by atomic mass is 9.87. The molecule has 1 aliphatic rings. The molecule has 0 aliphatic carbocycles. The molecule has 1 aliphatic heterocycles. The molecule has 10 N–H and O–H groups in total. The number of ether oxygens (including phenoxy) is 1. The average Bonchev–Trinajstić information content (AvgIpc) is 3.75. The van der Waals surface area contributed by atoms with Gasteiger partial charge in [0.2, 0.25) is 11.8 Å². The van der Waals surface area contributed by atoms with Crippen molar-refractivity contribution in [3.63, 3.8) is 0 Å². The van der Waals surface area contributed by atoms with Gasteiger partial charge in [0.15, 0.2) is 22.8 Å². The van der Waals surface area contributed by atoms with Crippen molar-refractivity contribution in [1.29, 1.82) is 0 Å². The van der Waals surface area contributed by atoms with E-state index in [9.17, 15) is 57.9 Å². The fourth-order valence-electron chi connectivity index (χ4n) is 5.85. The Hall–Kier alpha value is -2.70. The maximum absolute atomic E-state index is 12.7. The topological polar surface area (TPSA) is 364 Å². The minimum absolute atomic E-state index is 0.0143. The summed E-state index contributed by atoms with van der Waals surface area (Å²) < 4.78 is 62.3. The third-order valence-electron chi connectivity index (χ3n) is 9.17. The van der Waals surface area contributed by atoms with Gasteiger partial charge in [-0.05, 0) is 19.3 Å². The number of anilines is 1. The van der Waals surface area contributed by atoms with Gasteiger partial charge in [-0.1, -0.05) is 76.8 Å². The van der Waals surface area contributed by atoms with Crippen LogP contribution in [0.2, 0.25) is 0 Å². The normalized spacial score (nSPS) is 20.9. The summed E-state index contributed by atoms with van der Waals surface area (Å²) in [5.41, 5.74) is 4.28. The van der Waals surface area contributed by atoms with Gasteiger partial charge < -0.3 is 50.9 Å². The fraction of sp³-hybridized carbons (Fsp3) is 0.706. The number of hydrogen-bond donors (Lipinski definition) is 9. The maximum atomic E-state index is 12.7. The van der Waals surface area contributed by atoms with E-state index in [1.807, 2.05) is 6.08 Å². The minimum Gasteiger partial charge on any atom is -0.386 e. The van der Waals surface area contributed by atoms with Crippen LogP contribution in [0.1, 0.15) is 91.2 Å². The van der Waals surface area contributed by atoms with E-state index in [0.717, 1.165) is 41.8 Å². The number of carbonyl (C=O) groups excluding carboxylic acids is 3. The Kier molecular flexibility index (Phi) is 21.7. The first-order valence-electron chi connectivity index (χ1n) is 19.8. The van der Waals surface area contributed by atoms with Crippen LogP contribution in [0.25, 0.3) is 11.2 Å². The predicted molar refractivity (Wildman–Crippen MR) is 223 cm³/mol. The number of fused-ring (bicyclic) bond motifs is 1. The van der Waals surface area contributed by atoms with Crippen molar-refractivity contribution < 1.29 is 80.5 Å². The third-order valence-corrected chi connectivity index (χ3v) is 13.2. The van der Waals surface area contributed by atoms with Gasteiger partial charge in [0.05, 0.1) is 19.5 Å². The number of nitrogen functional groups attached to an aromatic ring is 1. The molecule has 0 bridgehead atoms. The Balaban J connectivity index is 1.38. The van der Waals surface area contributed by atoms with Crippen molar-refractivity contribution in [2.45, 2.75) is 116 Å². The van der Waals surface area contributed by atoms with Crippen LogP contribution in [-0.4, -0.2) is 123 Å². The zero-order chi connectivity index (χ0) is 46.1. The highest BCUT2D eigenvalue weighted by atomic mass is 32.2. The van der Waals surface area contributed by atoms with E-state index in [4.69, 9.17) is 19.5 Å². The molecule has 28 heteroatoms. The molecule has 24 nitrogen and oxygen atoms in total. The summed E-state index contributed by atoms with van der Waals surface area (Å²) in [6, 6.07) is 0. The predicted octanol–water partition coefficient (Wildman–Crippen LogP) is 2.75. The Morgan fingerprint density at radius 1 is 0.968 bits per heavy atom. The highest BCUT2D eigenvalue weighted by molar-refractivity contribution is 8.13. The summed E-state index contributed by atoms with van der Waals surface area (Å²) in [6.45, 7) is 2.73. The van der Waals surface area contributed by atoms with Crippen molar-refractivity contribution in [3.8, 4) is 0 Å². The van der Waals surface area contributed by atoms with Gasteiger partial charge in [-0.2, -0.15) is 4.31 Å². The number of thioether (sulfide) groups is 1. The number of aliphatic hydroxyl groups is 2. The number of imidazole rings is 1. The molecule has 0 spiro atoms. The summed E-state index contributed by atoms with van der Waals surface area (Å²) in [5, 5.41) is 26.5. The molecule has 7 unspecified atom stereocenters. The van der Waals surface area contributed by atoms with Crippen LogP contribution >= 0.6 is 35.2 Å². The summed E-state index contributed by atoms with van der Waals surface area (Å²) in [6.07, 6.45) is 6.67. The van der Waals surface area contributed by atoms with Crippen molar-refractivity contribution in [2.75, 3.05) is 37.8 Å². The summed E-state index contributed by atoms with van der Waals surface area (Å²) in [4.78, 5) is 88.0. The number of unbranched alkanes of at least 4 members (excludes halogenated alkanes) is 6. The number of aliphatic hydroxyl groups excluding tert-OH is 2. The molecule has 3 rings (SSSR count). The zero-order valence-corrected chi connectivity index (χ0v) is 38.1. The highest BCUT2D eigenvalue weighted by Crippen LogP contribution is 2.61. The van der Waals surface area contributed by atoms with E-state index in [2.05, 4.69) is 47.4 Å². The van der Waals surface area contributed by atoms with Crippen LogP contribution in [0.15, 0.2) is 24.8 Å². The number of carbonyl (C=O) groups is 3. The summed E-state index contributed by atoms with van der Waals surface area (Å²) >= 11 is 1.12. The Bertz CT molecular complexity index is 1950. The summed E-state index contributed by atoms with van der Waals surface area (Å²) in [5.74, 6) is -1.06. The van der Waals surface area contributed by atoms with Crippen LogP contribution < -0.4 is 16.4 Å². The molecule has 0 radical (unpaired) electrons. The van der Waals surface area contributed by atoms with Gasteiger partial charge in [-0.15, -0.1) is 0 Å². The average molecular weight is 962 g/mol. The van der Waals surface area contributed by atoms with Crippen molar-refractivity contribution in [1.82, 2.24) is 30.2 Å². The maximum Gasteiger partial charge on any atom is 0.481 e. The smallest absolute Gasteiger partial charge is 0.386 e. The number of nitrogens with zero attached hydrogens (tertiary/aromatic N) is 4. The van der Waals surface area contributed by atoms with Crippen LogP contribution in [-0.2, 0) is 50.7 Å². The van der Waals surface area contributed by atoms with Crippen molar-refractivity contribution >= 4 is 69.1 Å². The number of phosphoric acid groups is 3. The van der Waals surface area contributed by atoms with Gasteiger partial charge in [-0.3, -0.25) is 32.5 Å². The number of phosphoric ester groups is 3. The molecule has 3 heterocycles. The molecule has 1 fully saturated rings. The first-order valence-corrected chi connectivity index (χ1v) is 25.3. The molecule has 2 aromatic rings. The molecule has 0 aromatic carbocycles. The number of nitrogens with two attached hydrogens (primary N) is 1. The Morgan fingerprint density at radius 2 is 1.65 bits per heavy atom. The number of allylic oxidation sites excluding steroid dienone is 2. The second kappa shape index (κ2) is 25.1. The lowest BCUT2D eigenvalue weighted by Gasteiger charge is -2.30. The molecule has 352 valence electrons. The van der Waals surface area contributed by atoms with Crippen LogP contribution in [0.3, 0.4) is 0 Å². The van der Waals surface area contributed by atoms with E-state index in [1.54, 1.807) is 0 Å². The number of amides is 2. The van der Waals surface area contributed by atoms with Gasteiger partial charge in [-0.25, -0.2) is 28.6 Å². The molecule has 2 aromatic heterocycles. The molecule has 7 atom stereocenters. The second-order valence-corrected chi connectivity index (χ2v) is 20.2. The number of nitrogens with one attached hydrogen (secondary N) is 2. The number of hydrogen-bond acceptors (Lipinski definition) is 18. The first-order chi connectivity index (χ1) is 29.1. The molecular weight excluding hydrogens is 903 g/mol. The quantitative estimate of drug-likeness (QED) is 0.0321. The lowest BCUT2D eigenvalue weighted by Crippen LogP contribution is -2.46. The van der Waals surface area contributed by atoms with Gasteiger partial charge in [0.25, 0.3) is 0 Å². The third kappa shape index (κ3) is 18.4. The molecule has 2 amide bonds. The summed E-state index contributed by atoms with van der Waals surface area (Å²) in [7, 11) is -16.4. The van der Waals surface area contributed by atoms with E-state index in [0.29, 0.717) is 18.6 Å². The highest BCUT2D eigenvalue weighted by Gasteiger charge is 2.50. The Labute approximate surface area is 362 Å². The number of aromatic nitrogens is 4. The molecule has 62 heavy (non-hydrogen) atoms. The Morgan fingerprint density at radius 3 is 2.35 bits per heavy atom. The van der Waals surface area contributed by atoms with E-state index < -0.39 is 84.6 Å². The van der Waals surface area contributed by atoms with E-state index in [1.165, 1.54) is 46.0 Å². The molecule has 0 saturated carbocycles. The van der Waals surface area contributed by atoms with Crippen LogP contribution in [0, 0.1) is 5.41 Å². The zero-order valence-electron chi connectivity index (χ0n) is 34.6. The SMILES string of the molecule is CCCCCCCC/C=C/CCC(=O)SCCNC(=O)CCNC(=O)C(O)C(C)(C)COP(=O)(O)OP(=O)(O)OCC1OC(n2cnc3c(N)ncnc32)C(O)C1OP(=O)(O)O. The second-order valence-electron chi connectivity index (χ2n) is 14.9. The molecule has 1 saturated heterocycles. The van der Waals surface area contributed by atoms with Crippen LogP contribution in [0.4, 0.5) is 5.82 Å². The minimum atomic E-state index is -5.57. The lowest BCUT2D eigenvalue weighted by molar-refractivity contribution is -0.137.